The number of Topliss-reactive ketones (excluding diaryl/α,β-unsaturated/α-hetero) is 1. The molecule has 3 rings (SSSR count). The van der Waals surface area contributed by atoms with Gasteiger partial charge in [0.1, 0.15) is 5.57 Å². The van der Waals surface area contributed by atoms with E-state index in [9.17, 15) is 14.7 Å². The number of carbonyl (C=O) groups excluding carboxylic acids is 2. The highest BCUT2D eigenvalue weighted by atomic mass is 16.5. The van der Waals surface area contributed by atoms with E-state index in [0.717, 1.165) is 11.1 Å². The molecule has 0 amide bonds. The predicted octanol–water partition coefficient (Wildman–Crippen LogP) is 2.89. The Bertz CT molecular complexity index is 854. The fourth-order valence-corrected chi connectivity index (χ4v) is 4.20. The van der Waals surface area contributed by atoms with E-state index in [2.05, 4.69) is 25.7 Å². The highest BCUT2D eigenvalue weighted by Gasteiger charge is 2.43. The Kier molecular flexibility index (Phi) is 6.41. The molecule has 1 aromatic rings. The number of ether oxygens (including phenoxy) is 2. The van der Waals surface area contributed by atoms with E-state index in [0.29, 0.717) is 25.2 Å². The predicted molar refractivity (Wildman–Crippen MR) is 111 cm³/mol. The molecule has 0 saturated carbocycles. The zero-order chi connectivity index (χ0) is 22.1. The van der Waals surface area contributed by atoms with Crippen molar-refractivity contribution in [1.29, 1.82) is 0 Å². The van der Waals surface area contributed by atoms with Crippen LogP contribution in [0.15, 0.2) is 23.9 Å². The van der Waals surface area contributed by atoms with E-state index in [1.54, 1.807) is 19.2 Å². The number of carbonyl (C=O) groups is 2. The molecule has 2 aliphatic heterocycles. The van der Waals surface area contributed by atoms with Crippen molar-refractivity contribution in [2.75, 3.05) is 19.8 Å². The number of aliphatic hydroxyl groups excluding tert-OH is 1. The van der Waals surface area contributed by atoms with Crippen LogP contribution >= 0.6 is 0 Å². The van der Waals surface area contributed by atoms with Gasteiger partial charge in [-0.15, -0.1) is 0 Å². The quantitative estimate of drug-likeness (QED) is 0.417. The van der Waals surface area contributed by atoms with Crippen molar-refractivity contribution in [3.63, 3.8) is 0 Å². The smallest absolute Gasteiger partial charge is 0.343 e. The molecule has 2 atom stereocenters. The third-order valence-corrected chi connectivity index (χ3v) is 5.73. The first-order chi connectivity index (χ1) is 14.2. The van der Waals surface area contributed by atoms with Crippen molar-refractivity contribution >= 4 is 11.8 Å². The maximum Gasteiger partial charge on any atom is 0.343 e. The lowest BCUT2D eigenvalue weighted by Crippen LogP contribution is -2.50. The number of phenols is 1. The molecule has 0 radical (unpaired) electrons. The Morgan fingerprint density at radius 2 is 2.00 bits per heavy atom. The molecule has 0 spiro atoms. The second-order valence-corrected chi connectivity index (χ2v) is 8.88. The summed E-state index contributed by atoms with van der Waals surface area (Å²) < 4.78 is 10.7. The van der Waals surface area contributed by atoms with E-state index in [4.69, 9.17) is 14.6 Å². The van der Waals surface area contributed by atoms with Gasteiger partial charge in [0.15, 0.2) is 17.3 Å². The fourth-order valence-electron chi connectivity index (χ4n) is 4.20. The minimum Gasteiger partial charge on any atom is -0.504 e. The number of aromatic hydroxyl groups is 1. The number of phenolic OH excluding ortho intramolecular Hbond substituents is 1. The zero-order valence-corrected chi connectivity index (χ0v) is 18.1. The molecule has 2 aliphatic rings. The Morgan fingerprint density at radius 3 is 2.63 bits per heavy atom. The molecule has 7 nitrogen and oxygen atoms in total. The van der Waals surface area contributed by atoms with Crippen molar-refractivity contribution < 1.29 is 29.3 Å². The minimum absolute atomic E-state index is 0.00784. The van der Waals surface area contributed by atoms with Crippen LogP contribution in [0.25, 0.3) is 0 Å². The topological polar surface area (TPSA) is 96.3 Å². The molecular formula is C23H31NO6. The molecule has 0 aromatic heterocycles. The van der Waals surface area contributed by atoms with Crippen LogP contribution in [0.4, 0.5) is 0 Å². The molecule has 7 heteroatoms. The van der Waals surface area contributed by atoms with Crippen molar-refractivity contribution in [2.45, 2.75) is 59.0 Å². The number of aliphatic hydroxyl groups is 1. The Balaban J connectivity index is 2.03. The number of rotatable bonds is 6. The third kappa shape index (κ3) is 4.31. The molecule has 1 aromatic carbocycles. The van der Waals surface area contributed by atoms with Crippen molar-refractivity contribution in [3.05, 3.63) is 35.0 Å². The first kappa shape index (κ1) is 22.2. The molecule has 2 unspecified atom stereocenters. The molecule has 0 fully saturated rings. The number of benzene rings is 1. The summed E-state index contributed by atoms with van der Waals surface area (Å²) in [6, 6.07) is 3.28. The normalized spacial score (nSPS) is 20.9. The Labute approximate surface area is 177 Å². The summed E-state index contributed by atoms with van der Waals surface area (Å²) >= 11 is 0. The standard InChI is InChI=1S/C23H31NO6/c1-5-29-22(28)16-13-24-17(12-18(16)26)15-11-19(27)20(30-8-6-7-25)9-14(15)10-21(24)23(2,3)4/h9,11,13,17,21,25,27H,5-8,10,12H2,1-4H3. The minimum atomic E-state index is -0.588. The van der Waals surface area contributed by atoms with Gasteiger partial charge in [-0.1, -0.05) is 20.8 Å². The van der Waals surface area contributed by atoms with Gasteiger partial charge in [0.25, 0.3) is 0 Å². The molecule has 0 aliphatic carbocycles. The number of nitrogens with zero attached hydrogens (tertiary/aromatic N) is 1. The highest BCUT2D eigenvalue weighted by Crippen LogP contribution is 2.47. The summed E-state index contributed by atoms with van der Waals surface area (Å²) in [7, 11) is 0. The van der Waals surface area contributed by atoms with Crippen LogP contribution < -0.4 is 4.74 Å². The highest BCUT2D eigenvalue weighted by molar-refractivity contribution is 6.17. The molecule has 0 bridgehead atoms. The van der Waals surface area contributed by atoms with Crippen LogP contribution in [-0.4, -0.2) is 52.7 Å². The number of ketones is 1. The van der Waals surface area contributed by atoms with Gasteiger partial charge in [-0.3, -0.25) is 4.79 Å². The first-order valence-electron chi connectivity index (χ1n) is 10.5. The largest absolute Gasteiger partial charge is 0.504 e. The monoisotopic (exact) mass is 417 g/mol. The molecule has 164 valence electrons. The second kappa shape index (κ2) is 8.68. The van der Waals surface area contributed by atoms with Crippen LogP contribution in [0.5, 0.6) is 11.5 Å². The molecule has 30 heavy (non-hydrogen) atoms. The molecule has 2 N–H and O–H groups in total. The lowest BCUT2D eigenvalue weighted by atomic mass is 9.74. The summed E-state index contributed by atoms with van der Waals surface area (Å²) in [6.07, 6.45) is 2.96. The summed E-state index contributed by atoms with van der Waals surface area (Å²) in [4.78, 5) is 27.1. The molecule has 2 heterocycles. The zero-order valence-electron chi connectivity index (χ0n) is 18.1. The van der Waals surface area contributed by atoms with Crippen LogP contribution in [0, 0.1) is 5.41 Å². The van der Waals surface area contributed by atoms with Gasteiger partial charge in [0.2, 0.25) is 0 Å². The van der Waals surface area contributed by atoms with Crippen molar-refractivity contribution in [2.24, 2.45) is 5.41 Å². The lowest BCUT2D eigenvalue weighted by Gasteiger charge is -2.50. The van der Waals surface area contributed by atoms with Gasteiger partial charge in [-0.25, -0.2) is 4.79 Å². The average molecular weight is 418 g/mol. The molecule has 0 saturated heterocycles. The summed E-state index contributed by atoms with van der Waals surface area (Å²) in [6.45, 7) is 8.66. The van der Waals surface area contributed by atoms with E-state index in [-0.39, 0.29) is 54.2 Å². The van der Waals surface area contributed by atoms with Crippen LogP contribution in [0.2, 0.25) is 0 Å². The van der Waals surface area contributed by atoms with Crippen molar-refractivity contribution in [3.8, 4) is 11.5 Å². The number of fused-ring (bicyclic) bond motifs is 3. The van der Waals surface area contributed by atoms with Gasteiger partial charge >= 0.3 is 5.97 Å². The Morgan fingerprint density at radius 1 is 1.27 bits per heavy atom. The van der Waals surface area contributed by atoms with Crippen LogP contribution in [0.1, 0.15) is 57.7 Å². The lowest BCUT2D eigenvalue weighted by molar-refractivity contribution is -0.140. The van der Waals surface area contributed by atoms with Gasteiger partial charge in [0, 0.05) is 31.7 Å². The van der Waals surface area contributed by atoms with Crippen LogP contribution in [-0.2, 0) is 20.7 Å². The third-order valence-electron chi connectivity index (χ3n) is 5.73. The second-order valence-electron chi connectivity index (χ2n) is 8.88. The number of hydrogen-bond acceptors (Lipinski definition) is 7. The Hall–Kier alpha value is -2.54. The average Bonchev–Trinajstić information content (AvgIpc) is 2.67. The maximum atomic E-state index is 12.8. The van der Waals surface area contributed by atoms with E-state index in [1.807, 2.05) is 6.07 Å². The number of esters is 1. The van der Waals surface area contributed by atoms with E-state index in [1.165, 1.54) is 0 Å². The fraction of sp³-hybridized carbons (Fsp3) is 0.565. The van der Waals surface area contributed by atoms with Gasteiger partial charge in [-0.2, -0.15) is 0 Å². The first-order valence-corrected chi connectivity index (χ1v) is 10.5. The van der Waals surface area contributed by atoms with E-state index >= 15 is 0 Å². The molecular weight excluding hydrogens is 386 g/mol. The van der Waals surface area contributed by atoms with Crippen molar-refractivity contribution in [1.82, 2.24) is 4.90 Å². The van der Waals surface area contributed by atoms with E-state index < -0.39 is 5.97 Å². The van der Waals surface area contributed by atoms with Gasteiger partial charge < -0.3 is 24.6 Å². The van der Waals surface area contributed by atoms with Crippen LogP contribution in [0.3, 0.4) is 0 Å². The van der Waals surface area contributed by atoms with Gasteiger partial charge in [0.05, 0.1) is 19.3 Å². The van der Waals surface area contributed by atoms with Gasteiger partial charge in [-0.05, 0) is 42.0 Å². The summed E-state index contributed by atoms with van der Waals surface area (Å²) in [5.74, 6) is -0.450. The number of hydrogen-bond donors (Lipinski definition) is 2. The summed E-state index contributed by atoms with van der Waals surface area (Å²) in [5, 5.41) is 19.4. The SMILES string of the molecule is CCOC(=O)C1=CN2C(CC1=O)c1cc(O)c(OCCCO)cc1CC2C(C)(C)C. The maximum absolute atomic E-state index is 12.8. The summed E-state index contributed by atoms with van der Waals surface area (Å²) in [5.41, 5.74) is 1.85.